The van der Waals surface area contributed by atoms with Gasteiger partial charge in [0, 0.05) is 25.6 Å². The van der Waals surface area contributed by atoms with Crippen molar-refractivity contribution in [3.8, 4) is 0 Å². The molecule has 1 heterocycles. The van der Waals surface area contributed by atoms with E-state index in [1.165, 1.54) is 6.92 Å². The number of nitrogens with one attached hydrogen (secondary N) is 10. The highest BCUT2D eigenvalue weighted by Gasteiger charge is 2.43. The molecule has 100 heavy (non-hydrogen) atoms. The number of aliphatic hydroxyl groups is 1. The van der Waals surface area contributed by atoms with Crippen LogP contribution in [0.15, 0.2) is 45.3 Å². The molecule has 0 radical (unpaired) electrons. The van der Waals surface area contributed by atoms with Gasteiger partial charge in [-0.15, -0.1) is 0 Å². The second-order valence-electron chi connectivity index (χ2n) is 26.6. The second kappa shape index (κ2) is 44.3. The van der Waals surface area contributed by atoms with Crippen molar-refractivity contribution in [3.05, 3.63) is 35.9 Å². The molecule has 2 fully saturated rings. The molecule has 23 N–H and O–H groups in total. The summed E-state index contributed by atoms with van der Waals surface area (Å²) in [5.41, 5.74) is 34.5. The maximum atomic E-state index is 14.8. The average Bonchev–Trinajstić information content (AvgIpc) is 1.39. The molecule has 1 saturated carbocycles. The molecule has 16 atom stereocenters. The minimum absolute atomic E-state index is 0.0243. The van der Waals surface area contributed by atoms with Gasteiger partial charge in [0.15, 0.2) is 17.9 Å². The highest BCUT2D eigenvalue weighted by atomic mass is 16.5. The monoisotopic (exact) mass is 1410 g/mol. The predicted octanol–water partition coefficient (Wildman–Crippen LogP) is -1.03. The number of carbonyl (C=O) groups excluding carboxylic acids is 11. The van der Waals surface area contributed by atoms with Gasteiger partial charge in [-0.2, -0.15) is 0 Å². The number of nitrogens with two attached hydrogens (primary N) is 6. The van der Waals surface area contributed by atoms with E-state index in [4.69, 9.17) is 39.1 Å². The number of hydrogen-bond acceptors (Lipinski definition) is 16. The van der Waals surface area contributed by atoms with Crippen molar-refractivity contribution in [3.63, 3.8) is 0 Å². The maximum Gasteiger partial charge on any atom is 0.329 e. The number of benzene rings is 1. The lowest BCUT2D eigenvalue weighted by Gasteiger charge is -2.33. The molecule has 32 nitrogen and oxygen atoms in total. The molecule has 562 valence electrons. The molecule has 0 bridgehead atoms. The van der Waals surface area contributed by atoms with Crippen molar-refractivity contribution in [1.29, 1.82) is 0 Å². The Bertz CT molecular complexity index is 2920. The number of nitrogens with zero attached hydrogens (tertiary/aromatic N) is 3. The number of hydrogen-bond donors (Lipinski definition) is 17. The summed E-state index contributed by atoms with van der Waals surface area (Å²) in [5, 5.41) is 38.1. The third kappa shape index (κ3) is 28.4. The second-order valence-corrected chi connectivity index (χ2v) is 26.6. The first-order valence-corrected chi connectivity index (χ1v) is 35.5. The Kier molecular flexibility index (Phi) is 37.8. The quantitative estimate of drug-likeness (QED) is 0.0162. The standard InChI is InChI=1S/C68H117N19O13/c1-11-37(6)49(82-55(89)43(15-5)35-42-25-18-16-19-26-42)60(94)79-45(29-22-32-75-66(69)70)56(90)78-46(30-23-33-76-67(71)72)57(91)83-51(39(8)13-3)62(96)84-50(38(7)12-2)61(95)81-48(36-88)59(93)86-53-41(10)100-65(99)52(40(9)14-4)85-64(98)54(44-27-20-17-21-28-44)87-58(92)47(80-63(53)97)31-24-34-77-68(73)74/h16,18-19,25-26,37-41,43-54,88H,11-15,17,20-24,27-36H2,1-10H3,(H,78,90)(H,79,94)(H,80,97)(H,81,95)(H,82,89)(H,83,91)(H,84,96)(H,85,98)(H,86,93)(H,87,92)(H4,69,70,75)(H4,71,72,76)(H4,73,74,77)/t37-,38-,39+,40-,41-,43+,45-,46+,47-,48-,49-,50-,51+,52-,53+,54-/m0/s1. The fourth-order valence-corrected chi connectivity index (χ4v) is 11.8. The van der Waals surface area contributed by atoms with E-state index in [1.807, 2.05) is 44.2 Å². The summed E-state index contributed by atoms with van der Waals surface area (Å²) in [6.45, 7) is 16.3. The number of aliphatic hydroxyl groups excluding tert-OH is 1. The van der Waals surface area contributed by atoms with Crippen molar-refractivity contribution in [2.75, 3.05) is 26.2 Å². The van der Waals surface area contributed by atoms with Gasteiger partial charge in [-0.3, -0.25) is 62.9 Å². The van der Waals surface area contributed by atoms with E-state index in [9.17, 15) is 57.8 Å². The van der Waals surface area contributed by atoms with Gasteiger partial charge in [-0.1, -0.05) is 138 Å². The van der Waals surface area contributed by atoms with Crippen LogP contribution in [-0.2, 0) is 63.9 Å². The zero-order chi connectivity index (χ0) is 74.8. The van der Waals surface area contributed by atoms with Gasteiger partial charge in [0.25, 0.3) is 0 Å². The molecule has 1 aromatic carbocycles. The zero-order valence-corrected chi connectivity index (χ0v) is 60.2. The Morgan fingerprint density at radius 1 is 0.540 bits per heavy atom. The molecule has 1 aromatic rings. The lowest BCUT2D eigenvalue weighted by Crippen LogP contribution is -2.63. The molecule has 0 spiro atoms. The summed E-state index contributed by atoms with van der Waals surface area (Å²) in [5.74, 6) is -12.5. The topological polar surface area (TPSA) is 531 Å². The number of guanidine groups is 3. The number of ether oxygens (including phenoxy) is 1. The van der Waals surface area contributed by atoms with Gasteiger partial charge in [-0.25, -0.2) is 4.79 Å². The molecule has 2 aliphatic rings. The van der Waals surface area contributed by atoms with Crippen LogP contribution in [0.1, 0.15) is 178 Å². The summed E-state index contributed by atoms with van der Waals surface area (Å²) >= 11 is 0. The SMILES string of the molecule is CC[C@H](Cc1ccccc1)C(=O)N[C@H](C(=O)N[C@@H](CCCN=C(N)N)C(=O)N[C@H](CCCN=C(N)N)C(=O)N[C@@H](C(=O)N[C@H](C(=O)N[C@@H](CO)C(=O)N[C@H]1C(=O)N[C@@H](CCCN=C(N)N)C(=O)N[C@@H](C2CCCCC2)C(=O)N[C@@H]([C@@H](C)CC)C(=O)O[C@H]1C)[C@@H](C)CC)[C@H](C)CC)[C@@H](C)CC. The van der Waals surface area contributed by atoms with Gasteiger partial charge < -0.3 is 97.4 Å². The Hall–Kier alpha value is -8.84. The summed E-state index contributed by atoms with van der Waals surface area (Å²) in [6, 6.07) is -4.48. The Morgan fingerprint density at radius 2 is 1.00 bits per heavy atom. The first kappa shape index (κ1) is 85.4. The molecule has 1 saturated heterocycles. The molecule has 1 aliphatic heterocycles. The first-order valence-electron chi connectivity index (χ1n) is 35.5. The van der Waals surface area contributed by atoms with Crippen molar-refractivity contribution in [1.82, 2.24) is 53.2 Å². The van der Waals surface area contributed by atoms with E-state index in [2.05, 4.69) is 68.1 Å². The van der Waals surface area contributed by atoms with E-state index in [0.717, 1.165) is 24.8 Å². The molecule has 0 unspecified atom stereocenters. The maximum absolute atomic E-state index is 14.8. The van der Waals surface area contributed by atoms with Crippen molar-refractivity contribution in [2.24, 2.45) is 84.9 Å². The van der Waals surface area contributed by atoms with Crippen LogP contribution in [0.5, 0.6) is 0 Å². The number of amides is 10. The number of carbonyl (C=O) groups is 11. The molecule has 1 aliphatic carbocycles. The van der Waals surface area contributed by atoms with Crippen LogP contribution in [0.4, 0.5) is 0 Å². The van der Waals surface area contributed by atoms with Crippen LogP contribution in [-0.4, -0.2) is 181 Å². The molecule has 3 rings (SSSR count). The van der Waals surface area contributed by atoms with Gasteiger partial charge in [0.1, 0.15) is 66.5 Å². The van der Waals surface area contributed by atoms with E-state index in [1.54, 1.807) is 48.5 Å². The van der Waals surface area contributed by atoms with Crippen molar-refractivity contribution >= 4 is 82.9 Å². The third-order valence-electron chi connectivity index (χ3n) is 18.9. The Balaban J connectivity index is 2.00. The van der Waals surface area contributed by atoms with Gasteiger partial charge in [0.05, 0.1) is 6.61 Å². The van der Waals surface area contributed by atoms with Crippen LogP contribution in [0.2, 0.25) is 0 Å². The number of cyclic esters (lactones) is 1. The molecular weight excluding hydrogens is 1290 g/mol. The highest BCUT2D eigenvalue weighted by Crippen LogP contribution is 2.28. The van der Waals surface area contributed by atoms with Gasteiger partial charge in [0.2, 0.25) is 59.1 Å². The lowest BCUT2D eigenvalue weighted by atomic mass is 9.83. The van der Waals surface area contributed by atoms with Crippen molar-refractivity contribution in [2.45, 2.75) is 245 Å². The van der Waals surface area contributed by atoms with Crippen LogP contribution >= 0.6 is 0 Å². The molecular formula is C68H117N19O13. The Morgan fingerprint density at radius 3 is 1.48 bits per heavy atom. The van der Waals surface area contributed by atoms with Crippen LogP contribution in [0.3, 0.4) is 0 Å². The fraction of sp³-hybridized carbons (Fsp3) is 0.706. The minimum atomic E-state index is -1.83. The number of rotatable bonds is 39. The number of esters is 1. The molecule has 32 heteroatoms. The van der Waals surface area contributed by atoms with Crippen LogP contribution in [0.25, 0.3) is 0 Å². The zero-order valence-electron chi connectivity index (χ0n) is 60.2. The van der Waals surface area contributed by atoms with Crippen LogP contribution in [0, 0.1) is 35.5 Å². The average molecular weight is 1410 g/mol. The minimum Gasteiger partial charge on any atom is -0.458 e. The first-order chi connectivity index (χ1) is 47.4. The van der Waals surface area contributed by atoms with E-state index < -0.39 is 162 Å². The molecule has 10 amide bonds. The number of aliphatic imine (C=N–C) groups is 3. The summed E-state index contributed by atoms with van der Waals surface area (Å²) < 4.78 is 5.89. The van der Waals surface area contributed by atoms with Crippen molar-refractivity contribution < 1.29 is 62.6 Å². The van der Waals surface area contributed by atoms with E-state index >= 15 is 0 Å². The van der Waals surface area contributed by atoms with E-state index in [-0.39, 0.29) is 94.3 Å². The highest BCUT2D eigenvalue weighted by molar-refractivity contribution is 5.99. The van der Waals surface area contributed by atoms with Gasteiger partial charge >= 0.3 is 5.97 Å². The normalized spacial score (nSPS) is 20.9. The van der Waals surface area contributed by atoms with Crippen LogP contribution < -0.4 is 87.6 Å². The van der Waals surface area contributed by atoms with E-state index in [0.29, 0.717) is 44.9 Å². The predicted molar refractivity (Wildman–Crippen MR) is 380 cm³/mol. The summed E-state index contributed by atoms with van der Waals surface area (Å²) in [6.07, 6.45) is 4.89. The summed E-state index contributed by atoms with van der Waals surface area (Å²) in [4.78, 5) is 171. The fourth-order valence-electron chi connectivity index (χ4n) is 11.8. The molecule has 0 aromatic heterocycles. The lowest BCUT2D eigenvalue weighted by molar-refractivity contribution is -0.157. The smallest absolute Gasteiger partial charge is 0.329 e. The summed E-state index contributed by atoms with van der Waals surface area (Å²) in [7, 11) is 0. The van der Waals surface area contributed by atoms with Gasteiger partial charge in [-0.05, 0) is 106 Å². The Labute approximate surface area is 588 Å². The largest absolute Gasteiger partial charge is 0.458 e. The third-order valence-corrected chi connectivity index (χ3v) is 18.9.